The van der Waals surface area contributed by atoms with E-state index in [4.69, 9.17) is 0 Å². The van der Waals surface area contributed by atoms with Crippen LogP contribution in [0.5, 0.6) is 0 Å². The topological polar surface area (TPSA) is 45.7 Å². The number of carbonyl (C=O) groups excluding carboxylic acids is 1. The summed E-state index contributed by atoms with van der Waals surface area (Å²) in [4.78, 5) is 12.0. The molecule has 0 unspecified atom stereocenters. The van der Waals surface area contributed by atoms with E-state index in [0.717, 1.165) is 16.5 Å². The van der Waals surface area contributed by atoms with Crippen LogP contribution in [0, 0.1) is 12.7 Å². The van der Waals surface area contributed by atoms with Crippen LogP contribution in [0.15, 0.2) is 46.9 Å². The van der Waals surface area contributed by atoms with Gasteiger partial charge >= 0.3 is 0 Å². The van der Waals surface area contributed by atoms with Gasteiger partial charge in [-0.05, 0) is 36.8 Å². The fourth-order valence-corrected chi connectivity index (χ4v) is 2.68. The van der Waals surface area contributed by atoms with Crippen LogP contribution in [0.3, 0.4) is 0 Å². The molecule has 2 aromatic carbocycles. The number of anilines is 1. The molecule has 3 nitrogen and oxygen atoms in total. The fraction of sp³-hybridized carbons (Fsp3) is 0.278. The van der Waals surface area contributed by atoms with Crippen LogP contribution in [0.4, 0.5) is 10.1 Å². The number of hydrogen-bond acceptors (Lipinski definition) is 1. The van der Waals surface area contributed by atoms with Crippen LogP contribution >= 0.6 is 15.9 Å². The molecule has 23 heavy (non-hydrogen) atoms. The van der Waals surface area contributed by atoms with E-state index < -0.39 is 5.82 Å². The Bertz CT molecular complexity index is 673. The third-order valence-electron chi connectivity index (χ3n) is 3.72. The van der Waals surface area contributed by atoms with Crippen LogP contribution in [-0.2, 0) is 4.79 Å². The average molecular weight is 380 g/mol. The predicted molar refractivity (Wildman–Crippen MR) is 93.7 cm³/mol. The SMILES string of the molecule is CC[C@H]([NH2+]CC(=O)Nc1ccc(C)cc1F)c1ccc(Br)cc1. The number of amides is 1. The maximum Gasteiger partial charge on any atom is 0.279 e. The summed E-state index contributed by atoms with van der Waals surface area (Å²) in [7, 11) is 0. The lowest BCUT2D eigenvalue weighted by atomic mass is 10.0. The van der Waals surface area contributed by atoms with Crippen molar-refractivity contribution >= 4 is 27.5 Å². The minimum absolute atomic E-state index is 0.205. The number of benzene rings is 2. The van der Waals surface area contributed by atoms with Crippen molar-refractivity contribution in [2.24, 2.45) is 0 Å². The van der Waals surface area contributed by atoms with Gasteiger partial charge in [0.2, 0.25) is 0 Å². The Balaban J connectivity index is 1.93. The van der Waals surface area contributed by atoms with E-state index in [9.17, 15) is 9.18 Å². The van der Waals surface area contributed by atoms with Crippen molar-refractivity contribution in [3.63, 3.8) is 0 Å². The number of aryl methyl sites for hydroxylation is 1. The molecule has 0 fully saturated rings. The summed E-state index contributed by atoms with van der Waals surface area (Å²) in [5.41, 5.74) is 2.23. The summed E-state index contributed by atoms with van der Waals surface area (Å²) in [6.45, 7) is 4.15. The first-order valence-electron chi connectivity index (χ1n) is 7.64. The Labute approximate surface area is 144 Å². The molecule has 3 N–H and O–H groups in total. The highest BCUT2D eigenvalue weighted by Gasteiger charge is 2.15. The normalized spacial score (nSPS) is 12.0. The monoisotopic (exact) mass is 379 g/mol. The van der Waals surface area contributed by atoms with Gasteiger partial charge in [-0.3, -0.25) is 4.79 Å². The minimum atomic E-state index is -0.404. The van der Waals surface area contributed by atoms with Gasteiger partial charge in [-0.25, -0.2) is 4.39 Å². The van der Waals surface area contributed by atoms with Gasteiger partial charge in [0.05, 0.1) is 5.69 Å². The van der Waals surface area contributed by atoms with Gasteiger partial charge in [0.25, 0.3) is 5.91 Å². The van der Waals surface area contributed by atoms with Crippen molar-refractivity contribution < 1.29 is 14.5 Å². The molecule has 0 aliphatic carbocycles. The van der Waals surface area contributed by atoms with Crippen LogP contribution in [-0.4, -0.2) is 12.5 Å². The molecular weight excluding hydrogens is 359 g/mol. The Hall–Kier alpha value is -1.72. The quantitative estimate of drug-likeness (QED) is 0.791. The first-order valence-corrected chi connectivity index (χ1v) is 8.43. The molecule has 122 valence electrons. The maximum absolute atomic E-state index is 13.7. The fourth-order valence-electron chi connectivity index (χ4n) is 2.42. The summed E-state index contributed by atoms with van der Waals surface area (Å²) < 4.78 is 14.8. The molecule has 0 spiro atoms. The number of quaternary nitrogens is 1. The van der Waals surface area contributed by atoms with Crippen LogP contribution < -0.4 is 10.6 Å². The minimum Gasteiger partial charge on any atom is -0.332 e. The molecule has 2 aromatic rings. The highest BCUT2D eigenvalue weighted by Crippen LogP contribution is 2.17. The lowest BCUT2D eigenvalue weighted by Crippen LogP contribution is -2.87. The molecule has 5 heteroatoms. The highest BCUT2D eigenvalue weighted by molar-refractivity contribution is 9.10. The third kappa shape index (κ3) is 5.15. The smallest absolute Gasteiger partial charge is 0.279 e. The molecule has 0 aliphatic heterocycles. The Morgan fingerprint density at radius 2 is 1.96 bits per heavy atom. The predicted octanol–water partition coefficient (Wildman–Crippen LogP) is 3.55. The number of nitrogens with two attached hydrogens (primary N) is 1. The van der Waals surface area contributed by atoms with Gasteiger partial charge in [0.1, 0.15) is 11.9 Å². The van der Waals surface area contributed by atoms with Gasteiger partial charge in [-0.2, -0.15) is 0 Å². The molecule has 0 saturated carbocycles. The summed E-state index contributed by atoms with van der Waals surface area (Å²) in [5, 5.41) is 4.60. The van der Waals surface area contributed by atoms with E-state index >= 15 is 0 Å². The molecule has 1 atom stereocenters. The second kappa shape index (κ2) is 8.22. The second-order valence-electron chi connectivity index (χ2n) is 5.54. The Morgan fingerprint density at radius 1 is 1.26 bits per heavy atom. The van der Waals surface area contributed by atoms with E-state index in [1.807, 2.05) is 36.5 Å². The molecule has 0 aliphatic rings. The third-order valence-corrected chi connectivity index (χ3v) is 4.25. The molecule has 0 radical (unpaired) electrons. The zero-order valence-corrected chi connectivity index (χ0v) is 14.9. The van der Waals surface area contributed by atoms with Crippen LogP contribution in [0.1, 0.15) is 30.5 Å². The highest BCUT2D eigenvalue weighted by atomic mass is 79.9. The first kappa shape index (κ1) is 17.6. The number of carbonyl (C=O) groups is 1. The van der Waals surface area contributed by atoms with Gasteiger partial charge in [-0.1, -0.05) is 41.1 Å². The maximum atomic E-state index is 13.7. The first-order chi connectivity index (χ1) is 11.0. The standard InChI is InChI=1S/C18H20BrFN2O/c1-3-16(13-5-7-14(19)8-6-13)21-11-18(23)22-17-9-4-12(2)10-15(17)20/h4-10,16,21H,3,11H2,1-2H3,(H,22,23)/p+1/t16-/m0/s1. The van der Waals surface area contributed by atoms with Gasteiger partial charge in [0.15, 0.2) is 6.54 Å². The van der Waals surface area contributed by atoms with Crippen molar-refractivity contribution in [3.8, 4) is 0 Å². The second-order valence-corrected chi connectivity index (χ2v) is 6.45. The molecule has 0 heterocycles. The van der Waals surface area contributed by atoms with Crippen molar-refractivity contribution in [2.45, 2.75) is 26.3 Å². The molecule has 1 amide bonds. The van der Waals surface area contributed by atoms with Crippen LogP contribution in [0.2, 0.25) is 0 Å². The lowest BCUT2D eigenvalue weighted by molar-refractivity contribution is -0.686. The Morgan fingerprint density at radius 3 is 2.57 bits per heavy atom. The van der Waals surface area contributed by atoms with Crippen molar-refractivity contribution in [1.29, 1.82) is 0 Å². The average Bonchev–Trinajstić information content (AvgIpc) is 2.52. The summed E-state index contributed by atoms with van der Waals surface area (Å²) in [6, 6.07) is 13.1. The summed E-state index contributed by atoms with van der Waals surface area (Å²) >= 11 is 3.42. The molecule has 0 saturated heterocycles. The summed E-state index contributed by atoms with van der Waals surface area (Å²) in [5.74, 6) is -0.610. The zero-order valence-electron chi connectivity index (χ0n) is 13.3. The Kier molecular flexibility index (Phi) is 6.30. The summed E-state index contributed by atoms with van der Waals surface area (Å²) in [6.07, 6.45) is 0.911. The van der Waals surface area contributed by atoms with Gasteiger partial charge in [0, 0.05) is 16.5 Å². The number of nitrogens with one attached hydrogen (secondary N) is 1. The van der Waals surface area contributed by atoms with E-state index in [-0.39, 0.29) is 24.2 Å². The van der Waals surface area contributed by atoms with E-state index in [2.05, 4.69) is 28.2 Å². The number of halogens is 2. The van der Waals surface area contributed by atoms with E-state index in [1.54, 1.807) is 12.1 Å². The van der Waals surface area contributed by atoms with Crippen LogP contribution in [0.25, 0.3) is 0 Å². The number of rotatable bonds is 6. The molecule has 0 bridgehead atoms. The number of hydrogen-bond donors (Lipinski definition) is 2. The van der Waals surface area contributed by atoms with Crippen molar-refractivity contribution in [2.75, 3.05) is 11.9 Å². The molecule has 2 rings (SSSR count). The van der Waals surface area contributed by atoms with E-state index in [0.29, 0.717) is 0 Å². The largest absolute Gasteiger partial charge is 0.332 e. The van der Waals surface area contributed by atoms with Gasteiger partial charge < -0.3 is 10.6 Å². The molecule has 0 aromatic heterocycles. The van der Waals surface area contributed by atoms with Gasteiger partial charge in [-0.15, -0.1) is 0 Å². The lowest BCUT2D eigenvalue weighted by Gasteiger charge is -2.14. The zero-order chi connectivity index (χ0) is 16.8. The van der Waals surface area contributed by atoms with Crippen molar-refractivity contribution in [3.05, 3.63) is 63.9 Å². The molecular formula is C18H21BrFN2O+. The van der Waals surface area contributed by atoms with Crippen molar-refractivity contribution in [1.82, 2.24) is 0 Å². The van der Waals surface area contributed by atoms with E-state index in [1.165, 1.54) is 11.6 Å².